The Morgan fingerprint density at radius 3 is 2.52 bits per heavy atom. The van der Waals surface area contributed by atoms with E-state index in [2.05, 4.69) is 20.6 Å². The molecule has 0 atom stereocenters. The summed E-state index contributed by atoms with van der Waals surface area (Å²) in [7, 11) is 0. The molecule has 0 fully saturated rings. The summed E-state index contributed by atoms with van der Waals surface area (Å²) in [6, 6.07) is 11.8. The Kier molecular flexibility index (Phi) is 6.94. The molecule has 0 saturated heterocycles. The van der Waals surface area contributed by atoms with Crippen molar-refractivity contribution in [2.24, 2.45) is 0 Å². The van der Waals surface area contributed by atoms with E-state index in [1.165, 1.54) is 11.8 Å². The molecule has 2 N–H and O–H groups in total. The molecule has 0 aliphatic carbocycles. The zero-order valence-electron chi connectivity index (χ0n) is 14.6. The van der Waals surface area contributed by atoms with Crippen LogP contribution in [-0.2, 0) is 9.59 Å². The standard InChI is InChI=1S/C18H22N4O2S/c1-12(2)20-16(23)10-19-17(24)11-25-18-21-13(3)9-15(22-18)14-7-5-4-6-8-14/h4-9,12H,10-11H2,1-3H3,(H,19,24)(H,20,23). The number of benzene rings is 1. The quantitative estimate of drug-likeness (QED) is 0.585. The van der Waals surface area contributed by atoms with Gasteiger partial charge in [0.25, 0.3) is 0 Å². The molecule has 0 bridgehead atoms. The molecule has 1 heterocycles. The molecule has 6 nitrogen and oxygen atoms in total. The van der Waals surface area contributed by atoms with E-state index in [1.807, 2.05) is 57.2 Å². The Hall–Kier alpha value is -2.41. The van der Waals surface area contributed by atoms with Crippen molar-refractivity contribution < 1.29 is 9.59 Å². The lowest BCUT2D eigenvalue weighted by Gasteiger charge is -2.09. The summed E-state index contributed by atoms with van der Waals surface area (Å²) in [6.07, 6.45) is 0. The maximum absolute atomic E-state index is 11.9. The van der Waals surface area contributed by atoms with Gasteiger partial charge in [-0.15, -0.1) is 0 Å². The highest BCUT2D eigenvalue weighted by atomic mass is 32.2. The van der Waals surface area contributed by atoms with Gasteiger partial charge in [0.05, 0.1) is 18.0 Å². The predicted octanol–water partition coefficient (Wildman–Crippen LogP) is 2.18. The summed E-state index contributed by atoms with van der Waals surface area (Å²) in [5.41, 5.74) is 2.67. The highest BCUT2D eigenvalue weighted by Gasteiger charge is 2.10. The van der Waals surface area contributed by atoms with Gasteiger partial charge in [0.2, 0.25) is 11.8 Å². The fourth-order valence-electron chi connectivity index (χ4n) is 2.10. The van der Waals surface area contributed by atoms with Crippen molar-refractivity contribution in [1.82, 2.24) is 20.6 Å². The van der Waals surface area contributed by atoms with E-state index < -0.39 is 0 Å². The molecule has 0 spiro atoms. The van der Waals surface area contributed by atoms with Crippen molar-refractivity contribution >= 4 is 23.6 Å². The zero-order chi connectivity index (χ0) is 18.2. The summed E-state index contributed by atoms with van der Waals surface area (Å²) in [4.78, 5) is 32.3. The van der Waals surface area contributed by atoms with E-state index in [9.17, 15) is 9.59 Å². The topological polar surface area (TPSA) is 84.0 Å². The minimum Gasteiger partial charge on any atom is -0.352 e. The van der Waals surface area contributed by atoms with E-state index >= 15 is 0 Å². The van der Waals surface area contributed by atoms with E-state index in [0.29, 0.717) is 5.16 Å². The van der Waals surface area contributed by atoms with Crippen LogP contribution in [0.5, 0.6) is 0 Å². The molecular weight excluding hydrogens is 336 g/mol. The molecule has 2 rings (SSSR count). The third-order valence-corrected chi connectivity index (χ3v) is 3.98. The maximum Gasteiger partial charge on any atom is 0.239 e. The van der Waals surface area contributed by atoms with Crippen molar-refractivity contribution in [2.75, 3.05) is 12.3 Å². The smallest absolute Gasteiger partial charge is 0.239 e. The van der Waals surface area contributed by atoms with Crippen molar-refractivity contribution in [3.63, 3.8) is 0 Å². The SMILES string of the molecule is Cc1cc(-c2ccccc2)nc(SCC(=O)NCC(=O)NC(C)C)n1. The van der Waals surface area contributed by atoms with E-state index in [1.54, 1.807) is 0 Å². The second-order valence-corrected chi connectivity index (χ2v) is 6.77. The Labute approximate surface area is 151 Å². The molecule has 2 amide bonds. The first-order chi connectivity index (χ1) is 11.9. The van der Waals surface area contributed by atoms with Crippen molar-refractivity contribution in [2.45, 2.75) is 32.0 Å². The summed E-state index contributed by atoms with van der Waals surface area (Å²) < 4.78 is 0. The number of amides is 2. The molecule has 0 aliphatic rings. The van der Waals surface area contributed by atoms with E-state index in [-0.39, 0.29) is 30.2 Å². The molecular formula is C18H22N4O2S. The number of nitrogens with one attached hydrogen (secondary N) is 2. The molecule has 7 heteroatoms. The highest BCUT2D eigenvalue weighted by Crippen LogP contribution is 2.21. The van der Waals surface area contributed by atoms with Crippen molar-refractivity contribution in [1.29, 1.82) is 0 Å². The Balaban J connectivity index is 1.91. The Morgan fingerprint density at radius 2 is 1.84 bits per heavy atom. The number of thioether (sulfide) groups is 1. The van der Waals surface area contributed by atoms with E-state index in [4.69, 9.17) is 0 Å². The normalized spacial score (nSPS) is 10.6. The van der Waals surface area contributed by atoms with Gasteiger partial charge >= 0.3 is 0 Å². The predicted molar refractivity (Wildman–Crippen MR) is 99.2 cm³/mol. The Bertz CT molecular complexity index is 735. The molecule has 0 radical (unpaired) electrons. The summed E-state index contributed by atoms with van der Waals surface area (Å²) in [5.74, 6) is -0.270. The van der Waals surface area contributed by atoms with Gasteiger partial charge in [-0.25, -0.2) is 9.97 Å². The van der Waals surface area contributed by atoms with Crippen LogP contribution in [0.1, 0.15) is 19.5 Å². The van der Waals surface area contributed by atoms with Crippen LogP contribution >= 0.6 is 11.8 Å². The van der Waals surface area contributed by atoms with Crippen LogP contribution in [0.3, 0.4) is 0 Å². The number of hydrogen-bond acceptors (Lipinski definition) is 5. The second-order valence-electron chi connectivity index (χ2n) is 5.83. The third-order valence-electron chi connectivity index (χ3n) is 3.13. The monoisotopic (exact) mass is 358 g/mol. The van der Waals surface area contributed by atoms with Crippen LogP contribution in [0.15, 0.2) is 41.6 Å². The number of carbonyl (C=O) groups is 2. The summed E-state index contributed by atoms with van der Waals surface area (Å²) >= 11 is 1.25. The second kappa shape index (κ2) is 9.17. The third kappa shape index (κ3) is 6.54. The van der Waals surface area contributed by atoms with Gasteiger partial charge in [-0.1, -0.05) is 42.1 Å². The van der Waals surface area contributed by atoms with Gasteiger partial charge in [-0.3, -0.25) is 9.59 Å². The van der Waals surface area contributed by atoms with Crippen LogP contribution < -0.4 is 10.6 Å². The molecule has 0 aliphatic heterocycles. The largest absolute Gasteiger partial charge is 0.352 e. The minimum absolute atomic E-state index is 0.0263. The minimum atomic E-state index is -0.227. The first-order valence-electron chi connectivity index (χ1n) is 8.04. The fraction of sp³-hybridized carbons (Fsp3) is 0.333. The molecule has 0 saturated carbocycles. The van der Waals surface area contributed by atoms with Crippen molar-refractivity contribution in [3.05, 3.63) is 42.1 Å². The fourth-order valence-corrected chi connectivity index (χ4v) is 2.83. The first-order valence-corrected chi connectivity index (χ1v) is 9.02. The van der Waals surface area contributed by atoms with Gasteiger partial charge in [0.1, 0.15) is 0 Å². The molecule has 0 unspecified atom stereocenters. The molecule has 2 aromatic rings. The van der Waals surface area contributed by atoms with Crippen molar-refractivity contribution in [3.8, 4) is 11.3 Å². The van der Waals surface area contributed by atoms with Gasteiger partial charge < -0.3 is 10.6 Å². The van der Waals surface area contributed by atoms with Crippen LogP contribution in [0.2, 0.25) is 0 Å². The van der Waals surface area contributed by atoms with Crippen LogP contribution in [-0.4, -0.2) is 40.1 Å². The summed E-state index contributed by atoms with van der Waals surface area (Å²) in [5, 5.41) is 5.85. The lowest BCUT2D eigenvalue weighted by Crippen LogP contribution is -2.40. The number of aryl methyl sites for hydroxylation is 1. The van der Waals surface area contributed by atoms with Gasteiger partial charge in [-0.2, -0.15) is 0 Å². The molecule has 25 heavy (non-hydrogen) atoms. The lowest BCUT2D eigenvalue weighted by atomic mass is 10.1. The van der Waals surface area contributed by atoms with Gasteiger partial charge in [-0.05, 0) is 26.8 Å². The average Bonchev–Trinajstić information content (AvgIpc) is 2.58. The number of rotatable bonds is 7. The Morgan fingerprint density at radius 1 is 1.12 bits per heavy atom. The summed E-state index contributed by atoms with van der Waals surface area (Å²) in [6.45, 7) is 5.61. The van der Waals surface area contributed by atoms with Crippen LogP contribution in [0.4, 0.5) is 0 Å². The number of aromatic nitrogens is 2. The first kappa shape index (κ1) is 18.9. The van der Waals surface area contributed by atoms with Crippen LogP contribution in [0.25, 0.3) is 11.3 Å². The van der Waals surface area contributed by atoms with E-state index in [0.717, 1.165) is 17.0 Å². The molecule has 132 valence electrons. The number of carbonyl (C=O) groups excluding carboxylic acids is 2. The van der Waals surface area contributed by atoms with Gasteiger partial charge in [0.15, 0.2) is 5.16 Å². The van der Waals surface area contributed by atoms with Gasteiger partial charge in [0, 0.05) is 17.3 Å². The zero-order valence-corrected chi connectivity index (χ0v) is 15.4. The number of hydrogen-bond donors (Lipinski definition) is 2. The maximum atomic E-state index is 11.9. The number of nitrogens with zero attached hydrogens (tertiary/aromatic N) is 2. The molecule has 1 aromatic heterocycles. The van der Waals surface area contributed by atoms with Crippen LogP contribution in [0, 0.1) is 6.92 Å². The highest BCUT2D eigenvalue weighted by molar-refractivity contribution is 7.99. The average molecular weight is 358 g/mol. The lowest BCUT2D eigenvalue weighted by molar-refractivity contribution is -0.125. The molecule has 1 aromatic carbocycles.